The van der Waals surface area contributed by atoms with Gasteiger partial charge in [0.05, 0.1) is 15.9 Å². The zero-order valence-corrected chi connectivity index (χ0v) is 11.7. The van der Waals surface area contributed by atoms with E-state index in [1.807, 2.05) is 18.7 Å². The molecule has 1 aromatic rings. The molecule has 0 atom stereocenters. The molecule has 2 N–H and O–H groups in total. The van der Waals surface area contributed by atoms with Crippen LogP contribution in [0.1, 0.15) is 43.5 Å². The fourth-order valence-corrected chi connectivity index (χ4v) is 3.11. The molecule has 4 heteroatoms. The number of halogens is 1. The van der Waals surface area contributed by atoms with E-state index in [0.717, 1.165) is 29.4 Å². The van der Waals surface area contributed by atoms with Crippen LogP contribution < -0.4 is 5.73 Å². The molecule has 1 saturated carbocycles. The average Bonchev–Trinajstić information content (AvgIpc) is 2.46. The van der Waals surface area contributed by atoms with Gasteiger partial charge < -0.3 is 5.73 Å². The maximum absolute atomic E-state index is 6.48. The first kappa shape index (κ1) is 12.1. The van der Waals surface area contributed by atoms with Gasteiger partial charge in [-0.15, -0.1) is 0 Å². The quantitative estimate of drug-likeness (QED) is 0.908. The predicted octanol–water partition coefficient (Wildman–Crippen LogP) is 2.70. The van der Waals surface area contributed by atoms with E-state index in [-0.39, 0.29) is 5.54 Å². The van der Waals surface area contributed by atoms with E-state index in [9.17, 15) is 0 Å². The van der Waals surface area contributed by atoms with Crippen LogP contribution in [0.4, 0.5) is 0 Å². The van der Waals surface area contributed by atoms with Gasteiger partial charge in [0, 0.05) is 19.0 Å². The molecule has 0 unspecified atom stereocenters. The summed E-state index contributed by atoms with van der Waals surface area (Å²) in [5, 5.41) is 4.42. The smallest absolute Gasteiger partial charge is 0.0738 e. The lowest BCUT2D eigenvalue weighted by Crippen LogP contribution is -2.44. The van der Waals surface area contributed by atoms with Crippen molar-refractivity contribution in [3.63, 3.8) is 0 Å². The number of hydrogen-bond acceptors (Lipinski definition) is 2. The van der Waals surface area contributed by atoms with Crippen molar-refractivity contribution in [1.29, 1.82) is 0 Å². The number of nitrogens with two attached hydrogens (primary N) is 1. The van der Waals surface area contributed by atoms with Gasteiger partial charge in [-0.25, -0.2) is 0 Å². The normalized spacial score (nSPS) is 20.0. The number of hydrogen-bond donors (Lipinski definition) is 1. The highest BCUT2D eigenvalue weighted by Gasteiger charge is 2.30. The van der Waals surface area contributed by atoms with E-state index >= 15 is 0 Å². The molecule has 0 aromatic carbocycles. The molecule has 16 heavy (non-hydrogen) atoms. The standard InChI is InChI=1S/C12H20BrN3/c1-9-11(13)10(16(2)15-9)8-12(14)6-4-3-5-7-12/h3-8,14H2,1-2H3. The summed E-state index contributed by atoms with van der Waals surface area (Å²) in [7, 11) is 2.00. The Hall–Kier alpha value is -0.350. The minimum atomic E-state index is -0.0129. The third-order valence-electron chi connectivity index (χ3n) is 3.63. The molecular formula is C12H20BrN3. The summed E-state index contributed by atoms with van der Waals surface area (Å²) >= 11 is 3.61. The summed E-state index contributed by atoms with van der Waals surface area (Å²) in [6, 6.07) is 0. The van der Waals surface area contributed by atoms with Gasteiger partial charge in [0.25, 0.3) is 0 Å². The van der Waals surface area contributed by atoms with E-state index in [4.69, 9.17) is 5.73 Å². The molecule has 0 radical (unpaired) electrons. The third-order valence-corrected chi connectivity index (χ3v) is 4.66. The lowest BCUT2D eigenvalue weighted by Gasteiger charge is -2.33. The van der Waals surface area contributed by atoms with Crippen LogP contribution in [0.5, 0.6) is 0 Å². The van der Waals surface area contributed by atoms with E-state index in [0.29, 0.717) is 0 Å². The second-order valence-electron chi connectivity index (χ2n) is 5.07. The molecule has 3 nitrogen and oxygen atoms in total. The van der Waals surface area contributed by atoms with Gasteiger partial charge in [0.15, 0.2) is 0 Å². The molecule has 90 valence electrons. The van der Waals surface area contributed by atoms with Crippen LogP contribution in [0.3, 0.4) is 0 Å². The molecular weight excluding hydrogens is 266 g/mol. The van der Waals surface area contributed by atoms with Crippen LogP contribution in [0, 0.1) is 6.92 Å². The first-order valence-corrected chi connectivity index (χ1v) is 6.78. The van der Waals surface area contributed by atoms with E-state index in [2.05, 4.69) is 21.0 Å². The van der Waals surface area contributed by atoms with Gasteiger partial charge >= 0.3 is 0 Å². The first-order valence-electron chi connectivity index (χ1n) is 5.99. The van der Waals surface area contributed by atoms with Crippen LogP contribution in [0.15, 0.2) is 4.47 Å². The summed E-state index contributed by atoms with van der Waals surface area (Å²) in [6.07, 6.45) is 7.10. The Morgan fingerprint density at radius 2 is 2.00 bits per heavy atom. The lowest BCUT2D eigenvalue weighted by atomic mass is 9.79. The average molecular weight is 286 g/mol. The molecule has 0 spiro atoms. The van der Waals surface area contributed by atoms with Crippen molar-refractivity contribution in [3.05, 3.63) is 15.9 Å². The SMILES string of the molecule is Cc1nn(C)c(CC2(N)CCCCC2)c1Br. The van der Waals surface area contributed by atoms with E-state index < -0.39 is 0 Å². The second kappa shape index (κ2) is 4.49. The van der Waals surface area contributed by atoms with Gasteiger partial charge in [-0.2, -0.15) is 5.10 Å². The predicted molar refractivity (Wildman–Crippen MR) is 69.4 cm³/mol. The molecule has 2 rings (SSSR count). The molecule has 1 aliphatic carbocycles. The number of nitrogens with zero attached hydrogens (tertiary/aromatic N) is 2. The van der Waals surface area contributed by atoms with E-state index in [1.54, 1.807) is 0 Å². The van der Waals surface area contributed by atoms with Crippen LogP contribution in [0.2, 0.25) is 0 Å². The van der Waals surface area contributed by atoms with Gasteiger partial charge in [-0.05, 0) is 35.7 Å². The minimum absolute atomic E-state index is 0.0129. The van der Waals surface area contributed by atoms with Crippen LogP contribution in [-0.2, 0) is 13.5 Å². The highest BCUT2D eigenvalue weighted by molar-refractivity contribution is 9.10. The zero-order chi connectivity index (χ0) is 11.8. The highest BCUT2D eigenvalue weighted by Crippen LogP contribution is 2.31. The minimum Gasteiger partial charge on any atom is -0.325 e. The molecule has 0 aliphatic heterocycles. The summed E-state index contributed by atoms with van der Waals surface area (Å²) < 4.78 is 3.09. The molecule has 1 aliphatic rings. The van der Waals surface area contributed by atoms with Crippen molar-refractivity contribution in [1.82, 2.24) is 9.78 Å². The number of aromatic nitrogens is 2. The maximum atomic E-state index is 6.48. The van der Waals surface area contributed by atoms with Crippen molar-refractivity contribution < 1.29 is 0 Å². The Morgan fingerprint density at radius 3 is 2.50 bits per heavy atom. The van der Waals surface area contributed by atoms with Gasteiger partial charge in [0.2, 0.25) is 0 Å². The Bertz CT molecular complexity index is 378. The fraction of sp³-hybridized carbons (Fsp3) is 0.750. The number of rotatable bonds is 2. The Labute approximate surface area is 106 Å². The van der Waals surface area contributed by atoms with Crippen LogP contribution in [-0.4, -0.2) is 15.3 Å². The lowest BCUT2D eigenvalue weighted by molar-refractivity contribution is 0.289. The van der Waals surface area contributed by atoms with Crippen LogP contribution >= 0.6 is 15.9 Å². The zero-order valence-electron chi connectivity index (χ0n) is 10.1. The Morgan fingerprint density at radius 1 is 1.38 bits per heavy atom. The monoisotopic (exact) mass is 285 g/mol. The summed E-state index contributed by atoms with van der Waals surface area (Å²) in [4.78, 5) is 0. The van der Waals surface area contributed by atoms with Gasteiger partial charge in [-0.3, -0.25) is 4.68 Å². The number of aryl methyl sites for hydroxylation is 2. The van der Waals surface area contributed by atoms with Crippen molar-refractivity contribution in [2.75, 3.05) is 0 Å². The summed E-state index contributed by atoms with van der Waals surface area (Å²) in [6.45, 7) is 2.03. The molecule has 0 bridgehead atoms. The first-order chi connectivity index (χ1) is 7.52. The maximum Gasteiger partial charge on any atom is 0.0738 e. The van der Waals surface area contributed by atoms with Crippen LogP contribution in [0.25, 0.3) is 0 Å². The van der Waals surface area contributed by atoms with Crippen molar-refractivity contribution >= 4 is 15.9 Å². The van der Waals surface area contributed by atoms with Crippen molar-refractivity contribution in [3.8, 4) is 0 Å². The third kappa shape index (κ3) is 2.33. The van der Waals surface area contributed by atoms with Gasteiger partial charge in [0.1, 0.15) is 0 Å². The highest BCUT2D eigenvalue weighted by atomic mass is 79.9. The molecule has 0 saturated heterocycles. The molecule has 0 amide bonds. The van der Waals surface area contributed by atoms with Crippen molar-refractivity contribution in [2.45, 2.75) is 51.0 Å². The van der Waals surface area contributed by atoms with Gasteiger partial charge in [-0.1, -0.05) is 19.3 Å². The Balaban J connectivity index is 2.19. The fourth-order valence-electron chi connectivity index (χ4n) is 2.64. The topological polar surface area (TPSA) is 43.8 Å². The second-order valence-corrected chi connectivity index (χ2v) is 5.86. The summed E-state index contributed by atoms with van der Waals surface area (Å²) in [5.41, 5.74) is 8.75. The van der Waals surface area contributed by atoms with Crippen molar-refractivity contribution in [2.24, 2.45) is 12.8 Å². The molecule has 1 heterocycles. The molecule has 1 aromatic heterocycles. The Kier molecular flexibility index (Phi) is 3.40. The summed E-state index contributed by atoms with van der Waals surface area (Å²) in [5.74, 6) is 0. The largest absolute Gasteiger partial charge is 0.325 e. The van der Waals surface area contributed by atoms with E-state index in [1.165, 1.54) is 25.0 Å². The molecule has 1 fully saturated rings.